The Kier molecular flexibility index (Phi) is 5.03. The lowest BCUT2D eigenvalue weighted by Crippen LogP contribution is -2.29. The molecule has 0 fully saturated rings. The van der Waals surface area contributed by atoms with Crippen molar-refractivity contribution in [3.05, 3.63) is 69.8 Å². The molecule has 1 aliphatic heterocycles. The molecule has 0 radical (unpaired) electrons. The fourth-order valence-electron chi connectivity index (χ4n) is 2.83. The monoisotopic (exact) mass is 346 g/mol. The number of benzene rings is 2. The number of nitrogens with zero attached hydrogens (tertiary/aromatic N) is 2. The number of hydrogen-bond acceptors (Lipinski definition) is 5. The van der Waals surface area contributed by atoms with E-state index in [1.807, 2.05) is 46.8 Å². The Hall–Kier alpha value is -2.09. The van der Waals surface area contributed by atoms with Crippen LogP contribution in [0.4, 0.5) is 5.69 Å². The summed E-state index contributed by atoms with van der Waals surface area (Å²) in [6, 6.07) is 14.7. The normalized spacial score (nSPS) is 15.8. The standard InChI is InChI=1S/C17H18N2O4S/c20-17(9-11-19(21)22)14-6-7-16-13(12-14)8-10-18(16)24(23)15-4-2-1-3-5-15/h1-7,12,17,20H,8-11H2. The highest BCUT2D eigenvalue weighted by atomic mass is 32.2. The summed E-state index contributed by atoms with van der Waals surface area (Å²) >= 11 is -1.27. The molecule has 2 aromatic rings. The highest BCUT2D eigenvalue weighted by Gasteiger charge is 2.30. The molecule has 1 N–H and O–H groups in total. The van der Waals surface area contributed by atoms with Crippen LogP contribution in [0.15, 0.2) is 53.4 Å². The molecule has 1 aliphatic rings. The lowest BCUT2D eigenvalue weighted by Gasteiger charge is -2.22. The van der Waals surface area contributed by atoms with Gasteiger partial charge < -0.3 is 9.66 Å². The first-order chi connectivity index (χ1) is 11.6. The molecule has 1 heterocycles. The van der Waals surface area contributed by atoms with Gasteiger partial charge in [-0.2, -0.15) is 4.31 Å². The number of hydrogen-bond donors (Lipinski definition) is 1. The summed E-state index contributed by atoms with van der Waals surface area (Å²) in [7, 11) is 0. The van der Waals surface area contributed by atoms with Crippen LogP contribution in [0.1, 0.15) is 23.7 Å². The minimum atomic E-state index is -1.27. The van der Waals surface area contributed by atoms with Gasteiger partial charge in [0, 0.05) is 11.3 Å². The fraction of sp³-hybridized carbons (Fsp3) is 0.294. The van der Waals surface area contributed by atoms with E-state index in [1.165, 1.54) is 0 Å². The number of aliphatic hydroxyl groups excluding tert-OH is 1. The van der Waals surface area contributed by atoms with Crippen molar-refractivity contribution in [3.63, 3.8) is 0 Å². The summed E-state index contributed by atoms with van der Waals surface area (Å²) < 4.78 is 14.6. The second kappa shape index (κ2) is 7.21. The first-order valence-electron chi connectivity index (χ1n) is 7.73. The molecule has 0 saturated carbocycles. The Balaban J connectivity index is 1.77. The minimum Gasteiger partial charge on any atom is -0.588 e. The minimum absolute atomic E-state index is 0.0887. The van der Waals surface area contributed by atoms with Crippen LogP contribution < -0.4 is 4.31 Å². The number of anilines is 1. The molecule has 3 rings (SSSR count). The van der Waals surface area contributed by atoms with Crippen LogP contribution in [-0.2, 0) is 17.8 Å². The van der Waals surface area contributed by atoms with E-state index < -0.39 is 22.4 Å². The molecular weight excluding hydrogens is 328 g/mol. The van der Waals surface area contributed by atoms with Crippen molar-refractivity contribution in [1.82, 2.24) is 0 Å². The van der Waals surface area contributed by atoms with Gasteiger partial charge in [-0.05, 0) is 35.7 Å². The largest absolute Gasteiger partial charge is 0.588 e. The van der Waals surface area contributed by atoms with Crippen LogP contribution in [0.5, 0.6) is 0 Å². The second-order valence-corrected chi connectivity index (χ2v) is 7.07. The van der Waals surface area contributed by atoms with E-state index in [9.17, 15) is 19.8 Å². The average molecular weight is 346 g/mol. The quantitative estimate of drug-likeness (QED) is 0.493. The zero-order valence-corrected chi connectivity index (χ0v) is 13.8. The van der Waals surface area contributed by atoms with E-state index in [4.69, 9.17) is 0 Å². The lowest BCUT2D eigenvalue weighted by molar-refractivity contribution is -0.482. The van der Waals surface area contributed by atoms with Crippen molar-refractivity contribution in [2.24, 2.45) is 0 Å². The van der Waals surface area contributed by atoms with Crippen molar-refractivity contribution >= 4 is 17.0 Å². The van der Waals surface area contributed by atoms with Gasteiger partial charge in [0.25, 0.3) is 0 Å². The Bertz CT molecular complexity index is 726. The molecule has 2 atom stereocenters. The highest BCUT2D eigenvalue weighted by Crippen LogP contribution is 2.34. The van der Waals surface area contributed by atoms with Crippen LogP contribution in [0.2, 0.25) is 0 Å². The van der Waals surface area contributed by atoms with Crippen LogP contribution >= 0.6 is 0 Å². The molecule has 7 heteroatoms. The molecule has 24 heavy (non-hydrogen) atoms. The van der Waals surface area contributed by atoms with Crippen LogP contribution in [0.3, 0.4) is 0 Å². The summed E-state index contributed by atoms with van der Waals surface area (Å²) in [6.45, 7) is 0.383. The van der Waals surface area contributed by atoms with Gasteiger partial charge in [0.15, 0.2) is 4.90 Å². The Morgan fingerprint density at radius 2 is 2.00 bits per heavy atom. The van der Waals surface area contributed by atoms with Gasteiger partial charge in [-0.25, -0.2) is 0 Å². The van der Waals surface area contributed by atoms with E-state index in [-0.39, 0.29) is 13.0 Å². The third-order valence-electron chi connectivity index (χ3n) is 4.07. The van der Waals surface area contributed by atoms with E-state index in [2.05, 4.69) is 0 Å². The molecule has 0 saturated heterocycles. The summed E-state index contributed by atoms with van der Waals surface area (Å²) in [5.74, 6) is 0. The zero-order valence-electron chi connectivity index (χ0n) is 13.0. The second-order valence-electron chi connectivity index (χ2n) is 5.66. The van der Waals surface area contributed by atoms with Gasteiger partial charge in [0.2, 0.25) is 6.54 Å². The van der Waals surface area contributed by atoms with Crippen LogP contribution in [0.25, 0.3) is 0 Å². The fourth-order valence-corrected chi connectivity index (χ4v) is 4.09. The SMILES string of the molecule is O=[N+]([O-])CCC(O)c1ccc2c(c1)CCN2[S+]([O-])c1ccccc1. The van der Waals surface area contributed by atoms with Gasteiger partial charge in [-0.15, -0.1) is 0 Å². The molecule has 0 spiro atoms. The smallest absolute Gasteiger partial charge is 0.206 e. The van der Waals surface area contributed by atoms with Crippen molar-refractivity contribution in [2.75, 3.05) is 17.4 Å². The molecule has 2 aromatic carbocycles. The molecular formula is C17H18N2O4S. The molecule has 0 aromatic heterocycles. The topological polar surface area (TPSA) is 89.7 Å². The maximum Gasteiger partial charge on any atom is 0.206 e. The molecule has 2 unspecified atom stereocenters. The molecule has 126 valence electrons. The average Bonchev–Trinajstić information content (AvgIpc) is 3.02. The van der Waals surface area contributed by atoms with Gasteiger partial charge in [-0.1, -0.05) is 30.3 Å². The van der Waals surface area contributed by atoms with Gasteiger partial charge >= 0.3 is 0 Å². The van der Waals surface area contributed by atoms with Crippen molar-refractivity contribution in [1.29, 1.82) is 0 Å². The van der Waals surface area contributed by atoms with Crippen LogP contribution in [-0.4, -0.2) is 27.7 Å². The number of fused-ring (bicyclic) bond motifs is 1. The van der Waals surface area contributed by atoms with Gasteiger partial charge in [-0.3, -0.25) is 10.1 Å². The third-order valence-corrected chi connectivity index (χ3v) is 5.53. The van der Waals surface area contributed by atoms with Crippen LogP contribution in [0, 0.1) is 10.1 Å². The molecule has 6 nitrogen and oxygen atoms in total. The van der Waals surface area contributed by atoms with E-state index in [0.717, 1.165) is 22.6 Å². The van der Waals surface area contributed by atoms with Crippen molar-refractivity contribution < 1.29 is 14.6 Å². The maximum atomic E-state index is 12.7. The van der Waals surface area contributed by atoms with Crippen molar-refractivity contribution in [2.45, 2.75) is 23.8 Å². The first kappa shape index (κ1) is 16.8. The Labute approximate surface area is 143 Å². The van der Waals surface area contributed by atoms with Crippen molar-refractivity contribution in [3.8, 4) is 0 Å². The Morgan fingerprint density at radius 1 is 1.25 bits per heavy atom. The van der Waals surface area contributed by atoms with E-state index in [0.29, 0.717) is 12.1 Å². The summed E-state index contributed by atoms with van der Waals surface area (Å²) in [5, 5.41) is 20.5. The number of nitro groups is 1. The molecule has 0 aliphatic carbocycles. The molecule has 0 amide bonds. The summed E-state index contributed by atoms with van der Waals surface area (Å²) in [5.41, 5.74) is 2.57. The third kappa shape index (κ3) is 3.53. The van der Waals surface area contributed by atoms with E-state index in [1.54, 1.807) is 6.07 Å². The predicted octanol–water partition coefficient (Wildman–Crippen LogP) is 2.47. The summed E-state index contributed by atoms with van der Waals surface area (Å²) in [4.78, 5) is 10.8. The lowest BCUT2D eigenvalue weighted by atomic mass is 10.0. The first-order valence-corrected chi connectivity index (χ1v) is 8.84. The number of rotatable bonds is 6. The zero-order chi connectivity index (χ0) is 17.1. The van der Waals surface area contributed by atoms with Gasteiger partial charge in [0.05, 0.1) is 18.3 Å². The Morgan fingerprint density at radius 3 is 2.71 bits per heavy atom. The molecule has 0 bridgehead atoms. The maximum absolute atomic E-state index is 12.7. The number of aliphatic hydroxyl groups is 1. The highest BCUT2D eigenvalue weighted by molar-refractivity contribution is 7.92. The predicted molar refractivity (Wildman–Crippen MR) is 91.8 cm³/mol. The summed E-state index contributed by atoms with van der Waals surface area (Å²) in [6.07, 6.45) is -0.0239. The van der Waals surface area contributed by atoms with E-state index >= 15 is 0 Å². The van der Waals surface area contributed by atoms with Gasteiger partial charge in [0.1, 0.15) is 11.4 Å².